The van der Waals surface area contributed by atoms with Crippen molar-refractivity contribution in [3.63, 3.8) is 0 Å². The molecule has 1 rings (SSSR count). The fourth-order valence-corrected chi connectivity index (χ4v) is 2.64. The van der Waals surface area contributed by atoms with Crippen LogP contribution in [0.5, 0.6) is 0 Å². The third-order valence-electron chi connectivity index (χ3n) is 3.53. The number of hydrogen-bond acceptors (Lipinski definition) is 4. The Hall–Kier alpha value is -0.585. The van der Waals surface area contributed by atoms with Gasteiger partial charge in [-0.1, -0.05) is 19.2 Å². The average Bonchev–Trinajstić information content (AvgIpc) is 2.75. The van der Waals surface area contributed by atoms with E-state index in [4.69, 9.17) is 5.02 Å². The third-order valence-corrected chi connectivity index (χ3v) is 3.53. The highest BCUT2D eigenvalue weighted by atomic mass is 16.4. The number of carboxylic acid groups (broad SMARTS) is 1. The van der Waals surface area contributed by atoms with Crippen molar-refractivity contribution in [1.82, 2.24) is 10.6 Å². The monoisotopic (exact) mass is 257 g/mol. The Labute approximate surface area is 111 Å². The predicted octanol–water partition coefficient (Wildman–Crippen LogP) is 0.475. The van der Waals surface area contributed by atoms with Crippen molar-refractivity contribution in [2.45, 2.75) is 44.0 Å². The molecule has 2 unspecified atom stereocenters. The van der Waals surface area contributed by atoms with Crippen LogP contribution in [0, 0.1) is 5.92 Å². The Morgan fingerprint density at radius 2 is 2.06 bits per heavy atom. The molecule has 5 nitrogen and oxygen atoms in total. The second kappa shape index (κ2) is 9.36. The summed E-state index contributed by atoms with van der Waals surface area (Å²) < 4.78 is 0. The van der Waals surface area contributed by atoms with Gasteiger partial charge in [0.05, 0.1) is 0 Å². The molecule has 0 heterocycles. The number of likely N-dealkylation sites (N-methyl/N-ethyl adjacent to an activating group) is 1. The molecule has 105 valence electrons. The fourth-order valence-electron chi connectivity index (χ4n) is 2.64. The lowest BCUT2D eigenvalue weighted by Crippen LogP contribution is -2.53. The Bertz CT molecular complexity index is 241. The van der Waals surface area contributed by atoms with Gasteiger partial charge in [0.1, 0.15) is 5.54 Å². The van der Waals surface area contributed by atoms with Gasteiger partial charge in [-0.3, -0.25) is 4.79 Å². The maximum Gasteiger partial charge on any atom is 0.324 e. The van der Waals surface area contributed by atoms with Gasteiger partial charge in [-0.05, 0) is 46.3 Å². The first-order chi connectivity index (χ1) is 8.58. The molecular weight excluding hydrogens is 231 g/mol. The van der Waals surface area contributed by atoms with Gasteiger partial charge in [0, 0.05) is 0 Å². The standard InChI is InChI=1S/C10H19BNO3.C2H7N/c1-12-10(9(13)14)6-2-4-8(10)5-3-7-11-15;1-3-2/h8,12,15H,2-7H2,1H3,(H,13,14);3H,1-2H3. The summed E-state index contributed by atoms with van der Waals surface area (Å²) in [4.78, 5) is 11.3. The third kappa shape index (κ3) is 4.59. The van der Waals surface area contributed by atoms with Crippen LogP contribution in [0.4, 0.5) is 0 Å². The zero-order valence-electron chi connectivity index (χ0n) is 11.7. The summed E-state index contributed by atoms with van der Waals surface area (Å²) in [5.74, 6) is -0.541. The average molecular weight is 257 g/mol. The molecule has 0 aliphatic heterocycles. The van der Waals surface area contributed by atoms with Crippen molar-refractivity contribution in [3.8, 4) is 0 Å². The molecule has 0 spiro atoms. The molecular formula is C12H26BN2O3. The molecule has 1 radical (unpaired) electrons. The number of aliphatic carboxylic acids is 1. The smallest absolute Gasteiger partial charge is 0.324 e. The number of hydrogen-bond donors (Lipinski definition) is 4. The first-order valence-corrected chi connectivity index (χ1v) is 6.55. The number of nitrogens with one attached hydrogen (secondary N) is 2. The summed E-state index contributed by atoms with van der Waals surface area (Å²) in [6, 6.07) is 0. The molecule has 4 N–H and O–H groups in total. The highest BCUT2D eigenvalue weighted by molar-refractivity contribution is 6.25. The summed E-state index contributed by atoms with van der Waals surface area (Å²) in [5.41, 5.74) is -0.727. The van der Waals surface area contributed by atoms with Gasteiger partial charge < -0.3 is 20.8 Å². The van der Waals surface area contributed by atoms with Crippen LogP contribution in [0.25, 0.3) is 0 Å². The summed E-state index contributed by atoms with van der Waals surface area (Å²) in [6.45, 7) is 0. The lowest BCUT2D eigenvalue weighted by atomic mass is 9.81. The van der Waals surface area contributed by atoms with E-state index in [-0.39, 0.29) is 5.92 Å². The number of carboxylic acids is 1. The Balaban J connectivity index is 0.000000873. The Morgan fingerprint density at radius 3 is 2.50 bits per heavy atom. The van der Waals surface area contributed by atoms with Crippen LogP contribution in [-0.2, 0) is 4.79 Å². The van der Waals surface area contributed by atoms with Crippen molar-refractivity contribution in [1.29, 1.82) is 0 Å². The number of rotatable bonds is 6. The highest BCUT2D eigenvalue weighted by Gasteiger charge is 2.47. The predicted molar refractivity (Wildman–Crippen MR) is 73.8 cm³/mol. The van der Waals surface area contributed by atoms with Gasteiger partial charge in [0.25, 0.3) is 7.48 Å². The van der Waals surface area contributed by atoms with Crippen LogP contribution < -0.4 is 10.6 Å². The van der Waals surface area contributed by atoms with Crippen LogP contribution in [0.1, 0.15) is 32.1 Å². The molecule has 1 aliphatic carbocycles. The molecule has 18 heavy (non-hydrogen) atoms. The van der Waals surface area contributed by atoms with Crippen LogP contribution in [0.2, 0.25) is 6.32 Å². The van der Waals surface area contributed by atoms with E-state index in [9.17, 15) is 9.90 Å². The van der Waals surface area contributed by atoms with E-state index in [1.54, 1.807) is 7.05 Å². The quantitative estimate of drug-likeness (QED) is 0.411. The SMILES string of the molecule is CNC.CNC1(C(=O)O)CCCC1CCC[B]O. The van der Waals surface area contributed by atoms with Gasteiger partial charge in [-0.25, -0.2) is 0 Å². The normalized spacial score (nSPS) is 26.3. The zero-order chi connectivity index (χ0) is 14.0. The molecule has 0 saturated heterocycles. The van der Waals surface area contributed by atoms with Gasteiger partial charge >= 0.3 is 5.97 Å². The first-order valence-electron chi connectivity index (χ1n) is 6.55. The van der Waals surface area contributed by atoms with Gasteiger partial charge in [-0.2, -0.15) is 0 Å². The van der Waals surface area contributed by atoms with Crippen molar-refractivity contribution in [2.24, 2.45) is 5.92 Å². The van der Waals surface area contributed by atoms with Crippen LogP contribution in [0.3, 0.4) is 0 Å². The van der Waals surface area contributed by atoms with Crippen molar-refractivity contribution in [2.75, 3.05) is 21.1 Å². The molecule has 6 heteroatoms. The second-order valence-electron chi connectivity index (χ2n) is 4.73. The first kappa shape index (κ1) is 17.4. The topological polar surface area (TPSA) is 81.6 Å². The Kier molecular flexibility index (Phi) is 9.05. The summed E-state index contributed by atoms with van der Waals surface area (Å²) in [7, 11) is 6.63. The summed E-state index contributed by atoms with van der Waals surface area (Å²) >= 11 is 0. The van der Waals surface area contributed by atoms with Crippen molar-refractivity contribution < 1.29 is 14.9 Å². The lowest BCUT2D eigenvalue weighted by molar-refractivity contribution is -0.146. The van der Waals surface area contributed by atoms with Gasteiger partial charge in [-0.15, -0.1) is 0 Å². The summed E-state index contributed by atoms with van der Waals surface area (Å²) in [6.07, 6.45) is 5.03. The van der Waals surface area contributed by atoms with Crippen LogP contribution >= 0.6 is 0 Å². The van der Waals surface area contributed by atoms with E-state index >= 15 is 0 Å². The largest absolute Gasteiger partial charge is 0.480 e. The molecule has 0 aromatic heterocycles. The fraction of sp³-hybridized carbons (Fsp3) is 0.917. The van der Waals surface area contributed by atoms with Crippen LogP contribution in [-0.4, -0.2) is 50.3 Å². The lowest BCUT2D eigenvalue weighted by Gasteiger charge is -2.31. The highest BCUT2D eigenvalue weighted by Crippen LogP contribution is 2.38. The van der Waals surface area contributed by atoms with E-state index in [0.29, 0.717) is 12.7 Å². The van der Waals surface area contributed by atoms with E-state index in [2.05, 4.69) is 10.6 Å². The van der Waals surface area contributed by atoms with Crippen LogP contribution in [0.15, 0.2) is 0 Å². The minimum absolute atomic E-state index is 0.194. The number of carbonyl (C=O) groups is 1. The van der Waals surface area contributed by atoms with Crippen molar-refractivity contribution in [3.05, 3.63) is 0 Å². The van der Waals surface area contributed by atoms with Gasteiger partial charge in [0.15, 0.2) is 0 Å². The molecule has 0 amide bonds. The minimum Gasteiger partial charge on any atom is -0.480 e. The molecule has 0 bridgehead atoms. The minimum atomic E-state index is -0.736. The second-order valence-corrected chi connectivity index (χ2v) is 4.73. The Morgan fingerprint density at radius 1 is 1.44 bits per heavy atom. The molecule has 1 fully saturated rings. The summed E-state index contributed by atoms with van der Waals surface area (Å²) in [5, 5.41) is 23.6. The zero-order valence-corrected chi connectivity index (χ0v) is 11.7. The molecule has 1 aliphatic rings. The van der Waals surface area contributed by atoms with Crippen molar-refractivity contribution >= 4 is 13.5 Å². The van der Waals surface area contributed by atoms with E-state index in [1.165, 1.54) is 0 Å². The van der Waals surface area contributed by atoms with E-state index < -0.39 is 11.5 Å². The molecule has 2 atom stereocenters. The van der Waals surface area contributed by atoms with E-state index in [1.807, 2.05) is 14.1 Å². The van der Waals surface area contributed by atoms with E-state index in [0.717, 1.165) is 33.2 Å². The maximum absolute atomic E-state index is 11.3. The molecule has 0 aromatic rings. The molecule has 0 aromatic carbocycles. The van der Waals surface area contributed by atoms with Gasteiger partial charge in [0.2, 0.25) is 0 Å². The maximum atomic E-state index is 11.3. The molecule has 1 saturated carbocycles.